The molecule has 1 N–H and O–H groups in total. The van der Waals surface area contributed by atoms with Crippen molar-refractivity contribution in [1.82, 2.24) is 14.5 Å². The Kier molecular flexibility index (Phi) is 7.69. The maximum atomic E-state index is 13.2. The third-order valence-corrected chi connectivity index (χ3v) is 11.1. The highest BCUT2D eigenvalue weighted by Crippen LogP contribution is 2.25. The lowest BCUT2D eigenvalue weighted by Gasteiger charge is -2.33. The summed E-state index contributed by atoms with van der Waals surface area (Å²) in [5, 5.41) is 1.32. The molecule has 0 bridgehead atoms. The number of likely N-dealkylation sites (tertiary alicyclic amines) is 2. The number of piperidine rings is 1. The van der Waals surface area contributed by atoms with Gasteiger partial charge in [-0.25, -0.2) is 16.8 Å². The van der Waals surface area contributed by atoms with Crippen LogP contribution in [0.3, 0.4) is 0 Å². The van der Waals surface area contributed by atoms with E-state index >= 15 is 0 Å². The first kappa shape index (κ1) is 27.6. The minimum atomic E-state index is -4.00. The quantitative estimate of drug-likeness (QED) is 0.452. The average Bonchev–Trinajstić information content (AvgIpc) is 3.43. The van der Waals surface area contributed by atoms with Gasteiger partial charge in [0.1, 0.15) is 6.04 Å². The summed E-state index contributed by atoms with van der Waals surface area (Å²) in [5.41, 5.74) is 0. The largest absolute Gasteiger partial charge is 0.340 e. The molecule has 3 aromatic carbocycles. The Morgan fingerprint density at radius 2 is 1.62 bits per heavy atom. The second kappa shape index (κ2) is 10.9. The summed E-state index contributed by atoms with van der Waals surface area (Å²) in [6.45, 7) is 0.424. The highest BCUT2D eigenvalue weighted by Gasteiger charge is 2.38. The van der Waals surface area contributed by atoms with Crippen molar-refractivity contribution in [2.75, 3.05) is 26.2 Å². The molecule has 39 heavy (non-hydrogen) atoms. The normalized spacial score (nSPS) is 20.5. The van der Waals surface area contributed by atoms with Crippen LogP contribution in [0.25, 0.3) is 10.8 Å². The van der Waals surface area contributed by atoms with Crippen LogP contribution in [0.4, 0.5) is 0 Å². The minimum absolute atomic E-state index is 0.0288. The molecule has 2 heterocycles. The highest BCUT2D eigenvalue weighted by molar-refractivity contribution is 7.92. The molecule has 2 fully saturated rings. The van der Waals surface area contributed by atoms with E-state index in [4.69, 9.17) is 11.6 Å². The van der Waals surface area contributed by atoms with Crippen molar-refractivity contribution in [2.45, 2.75) is 40.3 Å². The number of sulfonamides is 1. The van der Waals surface area contributed by atoms with Crippen LogP contribution in [-0.4, -0.2) is 75.9 Å². The Balaban J connectivity index is 1.22. The molecule has 9 nitrogen and oxygen atoms in total. The van der Waals surface area contributed by atoms with E-state index in [0.717, 1.165) is 5.39 Å². The summed E-state index contributed by atoms with van der Waals surface area (Å²) >= 11 is 6.01. The molecule has 2 aliphatic heterocycles. The topological polar surface area (TPSA) is 121 Å². The molecule has 0 saturated carbocycles. The van der Waals surface area contributed by atoms with Gasteiger partial charge < -0.3 is 9.80 Å². The zero-order valence-electron chi connectivity index (χ0n) is 21.0. The fourth-order valence-corrected chi connectivity index (χ4v) is 8.25. The number of sulfone groups is 1. The van der Waals surface area contributed by atoms with Gasteiger partial charge in [-0.15, -0.1) is 0 Å². The number of hydrogen-bond acceptors (Lipinski definition) is 6. The smallest absolute Gasteiger partial charge is 0.242 e. The minimum Gasteiger partial charge on any atom is -0.340 e. The van der Waals surface area contributed by atoms with Crippen LogP contribution in [0.2, 0.25) is 5.02 Å². The average molecular weight is 590 g/mol. The van der Waals surface area contributed by atoms with E-state index in [-0.39, 0.29) is 35.3 Å². The molecule has 5 rings (SSSR count). The second-order valence-electron chi connectivity index (χ2n) is 9.84. The van der Waals surface area contributed by atoms with Gasteiger partial charge in [0, 0.05) is 24.7 Å². The van der Waals surface area contributed by atoms with Gasteiger partial charge in [-0.3, -0.25) is 9.59 Å². The van der Waals surface area contributed by atoms with E-state index in [9.17, 15) is 26.4 Å². The number of carbonyl (C=O) groups is 2. The summed E-state index contributed by atoms with van der Waals surface area (Å²) in [6.07, 6.45) is 1.15. The van der Waals surface area contributed by atoms with Crippen molar-refractivity contribution in [3.8, 4) is 0 Å². The van der Waals surface area contributed by atoms with Crippen molar-refractivity contribution in [3.05, 3.63) is 71.8 Å². The molecule has 0 aromatic heterocycles. The van der Waals surface area contributed by atoms with E-state index in [1.54, 1.807) is 54.6 Å². The zero-order valence-corrected chi connectivity index (χ0v) is 23.4. The maximum Gasteiger partial charge on any atom is 0.242 e. The number of benzene rings is 3. The van der Waals surface area contributed by atoms with E-state index < -0.39 is 37.1 Å². The molecule has 2 saturated heterocycles. The summed E-state index contributed by atoms with van der Waals surface area (Å²) < 4.78 is 54.6. The molecule has 0 aliphatic carbocycles. The molecule has 3 aromatic rings. The number of hydrogen-bond donors (Lipinski definition) is 1. The lowest BCUT2D eigenvalue weighted by atomic mass is 10.1. The molecule has 206 valence electrons. The summed E-state index contributed by atoms with van der Waals surface area (Å²) in [7, 11) is -7.58. The fraction of sp³-hybridized carbons (Fsp3) is 0.333. The number of nitrogens with one attached hydrogen (secondary N) is 1. The molecule has 12 heteroatoms. The van der Waals surface area contributed by atoms with Gasteiger partial charge >= 0.3 is 0 Å². The third-order valence-electron chi connectivity index (χ3n) is 7.25. The zero-order chi connectivity index (χ0) is 27.8. The molecule has 2 unspecified atom stereocenters. The van der Waals surface area contributed by atoms with Gasteiger partial charge in [0.05, 0.1) is 21.6 Å². The first-order chi connectivity index (χ1) is 18.5. The first-order valence-electron chi connectivity index (χ1n) is 12.6. The Bertz CT molecular complexity index is 1630. The number of nitrogens with zero attached hydrogens (tertiary/aromatic N) is 2. The van der Waals surface area contributed by atoms with Crippen LogP contribution in [0.1, 0.15) is 19.3 Å². The molecule has 2 aliphatic rings. The van der Waals surface area contributed by atoms with Crippen LogP contribution in [-0.2, 0) is 29.4 Å². The Morgan fingerprint density at radius 1 is 0.897 bits per heavy atom. The van der Waals surface area contributed by atoms with Gasteiger partial charge in [0.25, 0.3) is 0 Å². The lowest BCUT2D eigenvalue weighted by Crippen LogP contribution is -2.54. The monoisotopic (exact) mass is 589 g/mol. The van der Waals surface area contributed by atoms with Gasteiger partial charge in [0.15, 0.2) is 9.84 Å². The summed E-state index contributed by atoms with van der Waals surface area (Å²) in [5.74, 6) is -0.829. The Labute approximate surface area is 232 Å². The van der Waals surface area contributed by atoms with Crippen molar-refractivity contribution in [2.24, 2.45) is 0 Å². The molecule has 0 spiro atoms. The van der Waals surface area contributed by atoms with Crippen molar-refractivity contribution in [3.63, 3.8) is 0 Å². The summed E-state index contributed by atoms with van der Waals surface area (Å²) in [6, 6.07) is 16.9. The van der Waals surface area contributed by atoms with Gasteiger partial charge in [-0.2, -0.15) is 4.72 Å². The van der Waals surface area contributed by atoms with Crippen molar-refractivity contribution >= 4 is 54.0 Å². The van der Waals surface area contributed by atoms with Gasteiger partial charge in [-0.05, 0) is 66.4 Å². The van der Waals surface area contributed by atoms with E-state index in [1.165, 1.54) is 21.9 Å². The molecule has 2 amide bonds. The second-order valence-corrected chi connectivity index (χ2v) is 14.2. The van der Waals surface area contributed by atoms with Crippen LogP contribution in [0.15, 0.2) is 76.5 Å². The molecular weight excluding hydrogens is 562 g/mol. The van der Waals surface area contributed by atoms with E-state index in [0.29, 0.717) is 36.2 Å². The van der Waals surface area contributed by atoms with Crippen LogP contribution in [0.5, 0.6) is 0 Å². The number of halogens is 1. The standard InChI is InChI=1S/C27H28ClN3O6S2/c28-21-10-8-20-16-23(11-9-19(20)15-21)39(36,37)29-25-7-4-13-31(27(25)33)18-26(32)30-14-12-24(17-30)38(34,35)22-5-2-1-3-6-22/h1-3,5-6,8-11,15-16,24-25,29H,4,7,12-14,17-18H2. The number of fused-ring (bicyclic) bond motifs is 1. The highest BCUT2D eigenvalue weighted by atomic mass is 35.5. The predicted molar refractivity (Wildman–Crippen MR) is 147 cm³/mol. The van der Waals surface area contributed by atoms with Gasteiger partial charge in [-0.1, -0.05) is 41.9 Å². The number of amides is 2. The van der Waals surface area contributed by atoms with E-state index in [1.807, 2.05) is 0 Å². The molecule has 0 radical (unpaired) electrons. The Morgan fingerprint density at radius 3 is 2.38 bits per heavy atom. The van der Waals surface area contributed by atoms with E-state index in [2.05, 4.69) is 4.72 Å². The third kappa shape index (κ3) is 5.81. The molecule has 2 atom stereocenters. The predicted octanol–water partition coefficient (Wildman–Crippen LogP) is 2.84. The summed E-state index contributed by atoms with van der Waals surface area (Å²) in [4.78, 5) is 29.2. The SMILES string of the molecule is O=C(CN1CCCC(NS(=O)(=O)c2ccc3cc(Cl)ccc3c2)C1=O)N1CCC(S(=O)(=O)c2ccccc2)C1. The number of rotatable bonds is 7. The lowest BCUT2D eigenvalue weighted by molar-refractivity contribution is -0.142. The maximum absolute atomic E-state index is 13.2. The van der Waals surface area contributed by atoms with Crippen molar-refractivity contribution in [1.29, 1.82) is 0 Å². The van der Waals surface area contributed by atoms with Crippen LogP contribution in [0, 0.1) is 0 Å². The molecular formula is C27H28ClN3O6S2. The van der Waals surface area contributed by atoms with Crippen LogP contribution < -0.4 is 4.72 Å². The number of carbonyl (C=O) groups excluding carboxylic acids is 2. The van der Waals surface area contributed by atoms with Crippen molar-refractivity contribution < 1.29 is 26.4 Å². The fourth-order valence-electron chi connectivity index (χ4n) is 5.10. The Hall–Kier alpha value is -2.99. The van der Waals surface area contributed by atoms with Crippen LogP contribution >= 0.6 is 11.6 Å². The first-order valence-corrected chi connectivity index (χ1v) is 16.0. The van der Waals surface area contributed by atoms with Gasteiger partial charge in [0.2, 0.25) is 21.8 Å².